The monoisotopic (exact) mass is 185 g/mol. The Kier molecular flexibility index (Phi) is 3.54. The van der Waals surface area contributed by atoms with Gasteiger partial charge in [0, 0.05) is 18.7 Å². The fraction of sp³-hybridized carbons (Fsp3) is 0.889. The molecule has 0 spiro atoms. The second-order valence-corrected chi connectivity index (χ2v) is 3.67. The van der Waals surface area contributed by atoms with Crippen LogP contribution in [0.3, 0.4) is 0 Å². The minimum Gasteiger partial charge on any atom is -0.396 e. The third-order valence-electron chi connectivity index (χ3n) is 2.54. The van der Waals surface area contributed by atoms with Crippen molar-refractivity contribution in [1.82, 2.24) is 10.6 Å². The first-order valence-electron chi connectivity index (χ1n) is 4.87. The Labute approximate surface area is 79.4 Å². The van der Waals surface area contributed by atoms with Gasteiger partial charge in [-0.1, -0.05) is 6.92 Å². The summed E-state index contributed by atoms with van der Waals surface area (Å²) < 4.78 is 0. The van der Waals surface area contributed by atoms with Gasteiger partial charge in [0.05, 0.1) is 6.54 Å². The molecule has 0 aromatic carbocycles. The molecule has 76 valence electrons. The third kappa shape index (κ3) is 2.88. The molecule has 4 nitrogen and oxygen atoms in total. The van der Waals surface area contributed by atoms with Gasteiger partial charge in [-0.15, -0.1) is 0 Å². The molecular formula is C9H19N3O. The maximum Gasteiger partial charge on any atom is 0.191 e. The zero-order valence-corrected chi connectivity index (χ0v) is 8.43. The lowest BCUT2D eigenvalue weighted by Crippen LogP contribution is -2.49. The predicted octanol–water partition coefficient (Wildman–Crippen LogP) is 0.0863. The quantitative estimate of drug-likeness (QED) is 0.581. The Balaban J connectivity index is 2.46. The summed E-state index contributed by atoms with van der Waals surface area (Å²) in [5.41, 5.74) is -0.0368. The molecular weight excluding hydrogens is 166 g/mol. The largest absolute Gasteiger partial charge is 0.396 e. The molecule has 1 rings (SSSR count). The summed E-state index contributed by atoms with van der Waals surface area (Å²) in [4.78, 5) is 4.26. The van der Waals surface area contributed by atoms with Crippen molar-refractivity contribution in [1.29, 1.82) is 0 Å². The maximum atomic E-state index is 8.91. The van der Waals surface area contributed by atoms with Crippen LogP contribution in [0.15, 0.2) is 4.99 Å². The van der Waals surface area contributed by atoms with Crippen molar-refractivity contribution in [2.75, 3.05) is 19.7 Å². The Bertz CT molecular complexity index is 193. The molecule has 0 saturated carbocycles. The standard InChI is InChI=1S/C9H19N3O/c1-3-9(2,4-7-13)12-8-10-5-6-11-8/h13H,3-7H2,1-2H3,(H2,10,11,12). The van der Waals surface area contributed by atoms with Crippen molar-refractivity contribution in [3.8, 4) is 0 Å². The number of guanidine groups is 1. The van der Waals surface area contributed by atoms with E-state index in [0.717, 1.165) is 31.9 Å². The summed E-state index contributed by atoms with van der Waals surface area (Å²) in [6, 6.07) is 0. The summed E-state index contributed by atoms with van der Waals surface area (Å²) in [6.45, 7) is 6.19. The summed E-state index contributed by atoms with van der Waals surface area (Å²) in [5.74, 6) is 0.873. The Morgan fingerprint density at radius 3 is 2.92 bits per heavy atom. The lowest BCUT2D eigenvalue weighted by molar-refractivity contribution is 0.231. The number of hydrogen-bond donors (Lipinski definition) is 3. The second-order valence-electron chi connectivity index (χ2n) is 3.67. The van der Waals surface area contributed by atoms with E-state index in [9.17, 15) is 0 Å². The van der Waals surface area contributed by atoms with Gasteiger partial charge in [0.25, 0.3) is 0 Å². The van der Waals surface area contributed by atoms with E-state index >= 15 is 0 Å². The van der Waals surface area contributed by atoms with E-state index in [1.807, 2.05) is 0 Å². The van der Waals surface area contributed by atoms with Gasteiger partial charge in [0.2, 0.25) is 0 Å². The van der Waals surface area contributed by atoms with Crippen LogP contribution in [0.4, 0.5) is 0 Å². The van der Waals surface area contributed by atoms with Gasteiger partial charge in [-0.25, -0.2) is 0 Å². The predicted molar refractivity (Wildman–Crippen MR) is 53.8 cm³/mol. The van der Waals surface area contributed by atoms with Crippen LogP contribution in [0.1, 0.15) is 26.7 Å². The second kappa shape index (κ2) is 4.46. The highest BCUT2D eigenvalue weighted by Gasteiger charge is 2.23. The van der Waals surface area contributed by atoms with Crippen LogP contribution in [-0.2, 0) is 0 Å². The molecule has 1 aliphatic rings. The average molecular weight is 185 g/mol. The van der Waals surface area contributed by atoms with Crippen LogP contribution < -0.4 is 10.6 Å². The number of aliphatic hydroxyl groups excluding tert-OH is 1. The molecule has 4 heteroatoms. The van der Waals surface area contributed by atoms with E-state index < -0.39 is 0 Å². The topological polar surface area (TPSA) is 56.6 Å². The molecule has 0 bridgehead atoms. The van der Waals surface area contributed by atoms with E-state index in [4.69, 9.17) is 5.11 Å². The molecule has 0 aromatic heterocycles. The molecule has 1 unspecified atom stereocenters. The van der Waals surface area contributed by atoms with Gasteiger partial charge in [-0.2, -0.15) is 0 Å². The molecule has 0 aliphatic carbocycles. The van der Waals surface area contributed by atoms with Crippen LogP contribution >= 0.6 is 0 Å². The van der Waals surface area contributed by atoms with E-state index in [-0.39, 0.29) is 12.1 Å². The lowest BCUT2D eigenvalue weighted by atomic mass is 9.95. The molecule has 1 atom stereocenters. The molecule has 13 heavy (non-hydrogen) atoms. The van der Waals surface area contributed by atoms with Crippen molar-refractivity contribution in [2.45, 2.75) is 32.2 Å². The number of hydrogen-bond acceptors (Lipinski definition) is 4. The Morgan fingerprint density at radius 1 is 1.69 bits per heavy atom. The fourth-order valence-electron chi connectivity index (χ4n) is 1.34. The summed E-state index contributed by atoms with van der Waals surface area (Å²) in [7, 11) is 0. The highest BCUT2D eigenvalue weighted by molar-refractivity contribution is 5.81. The van der Waals surface area contributed by atoms with Gasteiger partial charge in [0.1, 0.15) is 0 Å². The zero-order chi connectivity index (χ0) is 9.73. The summed E-state index contributed by atoms with van der Waals surface area (Å²) in [5, 5.41) is 15.4. The van der Waals surface area contributed by atoms with Crippen molar-refractivity contribution < 1.29 is 5.11 Å². The van der Waals surface area contributed by atoms with Crippen LogP contribution in [0.5, 0.6) is 0 Å². The fourth-order valence-corrected chi connectivity index (χ4v) is 1.34. The van der Waals surface area contributed by atoms with Crippen LogP contribution in [-0.4, -0.2) is 36.3 Å². The molecule has 0 amide bonds. The molecule has 1 aliphatic heterocycles. The molecule has 0 aromatic rings. The van der Waals surface area contributed by atoms with Crippen LogP contribution in [0.2, 0.25) is 0 Å². The smallest absolute Gasteiger partial charge is 0.191 e. The van der Waals surface area contributed by atoms with E-state index in [2.05, 4.69) is 29.5 Å². The Hall–Kier alpha value is -0.770. The number of aliphatic hydroxyl groups is 1. The number of aliphatic imine (C=N–C) groups is 1. The lowest BCUT2D eigenvalue weighted by Gasteiger charge is -2.29. The molecule has 0 saturated heterocycles. The summed E-state index contributed by atoms with van der Waals surface area (Å²) in [6.07, 6.45) is 1.73. The van der Waals surface area contributed by atoms with E-state index in [1.54, 1.807) is 0 Å². The normalized spacial score (nSPS) is 20.4. The summed E-state index contributed by atoms with van der Waals surface area (Å²) >= 11 is 0. The number of nitrogens with one attached hydrogen (secondary N) is 2. The third-order valence-corrected chi connectivity index (χ3v) is 2.54. The highest BCUT2D eigenvalue weighted by Crippen LogP contribution is 2.13. The first kappa shape index (κ1) is 10.3. The molecule has 0 radical (unpaired) electrons. The molecule has 0 fully saturated rings. The number of rotatable bonds is 4. The minimum absolute atomic E-state index is 0.0368. The number of nitrogens with zero attached hydrogens (tertiary/aromatic N) is 1. The van der Waals surface area contributed by atoms with Crippen LogP contribution in [0.25, 0.3) is 0 Å². The van der Waals surface area contributed by atoms with Gasteiger partial charge in [-0.3, -0.25) is 4.99 Å². The van der Waals surface area contributed by atoms with Gasteiger partial charge in [-0.05, 0) is 19.8 Å². The van der Waals surface area contributed by atoms with Gasteiger partial charge >= 0.3 is 0 Å². The van der Waals surface area contributed by atoms with Crippen LogP contribution in [0, 0.1) is 0 Å². The van der Waals surface area contributed by atoms with E-state index in [0.29, 0.717) is 0 Å². The van der Waals surface area contributed by atoms with Crippen molar-refractivity contribution >= 4 is 5.96 Å². The van der Waals surface area contributed by atoms with Gasteiger partial charge in [0.15, 0.2) is 5.96 Å². The highest BCUT2D eigenvalue weighted by atomic mass is 16.3. The zero-order valence-electron chi connectivity index (χ0n) is 8.43. The molecule has 1 heterocycles. The average Bonchev–Trinajstić information content (AvgIpc) is 2.57. The Morgan fingerprint density at radius 2 is 2.46 bits per heavy atom. The first-order valence-corrected chi connectivity index (χ1v) is 4.87. The first-order chi connectivity index (χ1) is 6.20. The SMILES string of the molecule is CCC(C)(CCO)NC1=NCCN1. The van der Waals surface area contributed by atoms with Gasteiger partial charge < -0.3 is 15.7 Å². The van der Waals surface area contributed by atoms with Crippen molar-refractivity contribution in [3.05, 3.63) is 0 Å². The molecule has 3 N–H and O–H groups in total. The van der Waals surface area contributed by atoms with E-state index in [1.165, 1.54) is 0 Å². The minimum atomic E-state index is -0.0368. The van der Waals surface area contributed by atoms with Crippen molar-refractivity contribution in [3.63, 3.8) is 0 Å². The van der Waals surface area contributed by atoms with Crippen molar-refractivity contribution in [2.24, 2.45) is 4.99 Å². The maximum absolute atomic E-state index is 8.91.